The molecule has 0 radical (unpaired) electrons. The van der Waals surface area contributed by atoms with Gasteiger partial charge in [0, 0.05) is 5.69 Å². The van der Waals surface area contributed by atoms with E-state index in [4.69, 9.17) is 14.2 Å². The molecule has 0 bridgehead atoms. The van der Waals surface area contributed by atoms with Crippen LogP contribution in [0.2, 0.25) is 0 Å². The van der Waals surface area contributed by atoms with E-state index in [2.05, 4.69) is 5.32 Å². The summed E-state index contributed by atoms with van der Waals surface area (Å²) in [5.41, 5.74) is -0.932. The van der Waals surface area contributed by atoms with E-state index >= 15 is 0 Å². The Morgan fingerprint density at radius 2 is 1.71 bits per heavy atom. The third kappa shape index (κ3) is 4.93. The number of hydrogen-bond donors (Lipinski definition) is 1. The molecule has 2 aromatic carbocycles. The number of benzene rings is 2. The van der Waals surface area contributed by atoms with E-state index < -0.39 is 29.7 Å². The molecule has 0 aromatic heterocycles. The van der Waals surface area contributed by atoms with Crippen molar-refractivity contribution in [1.82, 2.24) is 0 Å². The first-order valence-electron chi connectivity index (χ1n) is 8.07. The van der Waals surface area contributed by atoms with E-state index in [9.17, 15) is 22.8 Å². The Morgan fingerprint density at radius 1 is 1.04 bits per heavy atom. The van der Waals surface area contributed by atoms with E-state index in [1.165, 1.54) is 33.3 Å². The lowest BCUT2D eigenvalue weighted by molar-refractivity contribution is -0.137. The number of esters is 1. The van der Waals surface area contributed by atoms with E-state index in [0.717, 1.165) is 18.2 Å². The molecular formula is C19H18F3NO5. The highest BCUT2D eigenvalue weighted by atomic mass is 19.4. The predicted molar refractivity (Wildman–Crippen MR) is 94.5 cm³/mol. The summed E-state index contributed by atoms with van der Waals surface area (Å²) in [5.74, 6) is -1.18. The number of hydrogen-bond acceptors (Lipinski definition) is 5. The first-order chi connectivity index (χ1) is 13.2. The van der Waals surface area contributed by atoms with Crippen LogP contribution in [0.1, 0.15) is 22.8 Å². The maximum atomic E-state index is 12.8. The Kier molecular flexibility index (Phi) is 6.50. The molecule has 1 atom stereocenters. The molecule has 0 aliphatic rings. The van der Waals surface area contributed by atoms with Gasteiger partial charge in [-0.15, -0.1) is 0 Å². The molecule has 0 spiro atoms. The fourth-order valence-corrected chi connectivity index (χ4v) is 2.34. The van der Waals surface area contributed by atoms with Gasteiger partial charge in [-0.05, 0) is 37.3 Å². The molecule has 2 rings (SSSR count). The zero-order valence-electron chi connectivity index (χ0n) is 15.3. The van der Waals surface area contributed by atoms with Gasteiger partial charge in [0.05, 0.1) is 19.8 Å². The van der Waals surface area contributed by atoms with Crippen molar-refractivity contribution in [3.8, 4) is 11.5 Å². The van der Waals surface area contributed by atoms with Gasteiger partial charge in [-0.2, -0.15) is 13.2 Å². The molecule has 9 heteroatoms. The van der Waals surface area contributed by atoms with Crippen molar-refractivity contribution in [3.63, 3.8) is 0 Å². The van der Waals surface area contributed by atoms with Gasteiger partial charge in [-0.25, -0.2) is 4.79 Å². The molecule has 1 N–H and O–H groups in total. The number of anilines is 1. The first kappa shape index (κ1) is 21.1. The number of para-hydroxylation sites is 1. The summed E-state index contributed by atoms with van der Waals surface area (Å²) in [4.78, 5) is 24.6. The fourth-order valence-electron chi connectivity index (χ4n) is 2.34. The number of ether oxygens (including phenoxy) is 3. The molecular weight excluding hydrogens is 379 g/mol. The smallest absolute Gasteiger partial charge is 0.416 e. The van der Waals surface area contributed by atoms with Crippen LogP contribution in [0.5, 0.6) is 11.5 Å². The van der Waals surface area contributed by atoms with Gasteiger partial charge in [0.15, 0.2) is 17.6 Å². The van der Waals surface area contributed by atoms with Crippen molar-refractivity contribution in [3.05, 3.63) is 53.6 Å². The average Bonchev–Trinajstić information content (AvgIpc) is 2.66. The molecule has 6 nitrogen and oxygen atoms in total. The monoisotopic (exact) mass is 397 g/mol. The minimum absolute atomic E-state index is 0.0422. The SMILES string of the molecule is COc1cccc(C(=O)O[C@@H](C)C(=O)Nc2cccc(C(F)(F)F)c2)c1OC. The summed E-state index contributed by atoms with van der Waals surface area (Å²) >= 11 is 0. The summed E-state index contributed by atoms with van der Waals surface area (Å²) in [5, 5.41) is 2.29. The number of halogens is 3. The molecule has 2 aromatic rings. The third-order valence-corrected chi connectivity index (χ3v) is 3.73. The van der Waals surface area contributed by atoms with E-state index in [-0.39, 0.29) is 17.0 Å². The number of carbonyl (C=O) groups excluding carboxylic acids is 2. The summed E-state index contributed by atoms with van der Waals surface area (Å²) in [6.45, 7) is 1.30. The molecule has 0 saturated carbocycles. The van der Waals surface area contributed by atoms with Crippen LogP contribution in [0, 0.1) is 0 Å². The average molecular weight is 397 g/mol. The van der Waals surface area contributed by atoms with Gasteiger partial charge in [0.1, 0.15) is 5.56 Å². The van der Waals surface area contributed by atoms with Crippen molar-refractivity contribution >= 4 is 17.6 Å². The Morgan fingerprint density at radius 3 is 2.32 bits per heavy atom. The minimum Gasteiger partial charge on any atom is -0.493 e. The molecule has 0 aliphatic carbocycles. The lowest BCUT2D eigenvalue weighted by Gasteiger charge is -2.16. The second-order valence-corrected chi connectivity index (χ2v) is 5.66. The standard InChI is InChI=1S/C19H18F3NO5/c1-11(17(24)23-13-7-4-6-12(10-13)19(20,21)22)28-18(25)14-8-5-9-15(26-2)16(14)27-3/h4-11H,1-3H3,(H,23,24)/t11-/m0/s1. The second-order valence-electron chi connectivity index (χ2n) is 5.66. The Hall–Kier alpha value is -3.23. The number of carbonyl (C=O) groups is 2. The zero-order chi connectivity index (χ0) is 20.9. The van der Waals surface area contributed by atoms with Crippen molar-refractivity contribution in [2.24, 2.45) is 0 Å². The Bertz CT molecular complexity index is 867. The highest BCUT2D eigenvalue weighted by Crippen LogP contribution is 2.32. The topological polar surface area (TPSA) is 73.9 Å². The van der Waals surface area contributed by atoms with Crippen LogP contribution in [0.25, 0.3) is 0 Å². The van der Waals surface area contributed by atoms with E-state index in [1.54, 1.807) is 12.1 Å². The van der Waals surface area contributed by atoms with Gasteiger partial charge >= 0.3 is 12.1 Å². The highest BCUT2D eigenvalue weighted by molar-refractivity contribution is 5.98. The number of nitrogens with one attached hydrogen (secondary N) is 1. The molecule has 28 heavy (non-hydrogen) atoms. The zero-order valence-corrected chi connectivity index (χ0v) is 15.3. The number of methoxy groups -OCH3 is 2. The molecule has 0 saturated heterocycles. The first-order valence-corrected chi connectivity index (χ1v) is 8.07. The van der Waals surface area contributed by atoms with E-state index in [0.29, 0.717) is 5.75 Å². The third-order valence-electron chi connectivity index (χ3n) is 3.73. The van der Waals surface area contributed by atoms with Gasteiger partial charge < -0.3 is 19.5 Å². The fraction of sp³-hybridized carbons (Fsp3) is 0.263. The van der Waals surface area contributed by atoms with Crippen LogP contribution in [-0.4, -0.2) is 32.2 Å². The molecule has 0 aliphatic heterocycles. The number of alkyl halides is 3. The molecule has 0 fully saturated rings. The van der Waals surface area contributed by atoms with Crippen LogP contribution in [0.15, 0.2) is 42.5 Å². The van der Waals surface area contributed by atoms with Crippen molar-refractivity contribution in [2.45, 2.75) is 19.2 Å². The summed E-state index contributed by atoms with van der Waals surface area (Å²) in [7, 11) is 2.75. The molecule has 0 heterocycles. The van der Waals surface area contributed by atoms with Gasteiger partial charge in [-0.3, -0.25) is 4.79 Å². The lowest BCUT2D eigenvalue weighted by atomic mass is 10.2. The van der Waals surface area contributed by atoms with Crippen LogP contribution in [0.4, 0.5) is 18.9 Å². The quantitative estimate of drug-likeness (QED) is 0.749. The van der Waals surface area contributed by atoms with Crippen molar-refractivity contribution < 1.29 is 37.0 Å². The molecule has 1 amide bonds. The van der Waals surface area contributed by atoms with Crippen molar-refractivity contribution in [1.29, 1.82) is 0 Å². The highest BCUT2D eigenvalue weighted by Gasteiger charge is 2.31. The van der Waals surface area contributed by atoms with Crippen molar-refractivity contribution in [2.75, 3.05) is 19.5 Å². The minimum atomic E-state index is -4.54. The maximum Gasteiger partial charge on any atom is 0.416 e. The Labute approximate surface area is 159 Å². The van der Waals surface area contributed by atoms with Gasteiger partial charge in [-0.1, -0.05) is 12.1 Å². The predicted octanol–water partition coefficient (Wildman–Crippen LogP) is 3.91. The molecule has 150 valence electrons. The largest absolute Gasteiger partial charge is 0.493 e. The molecule has 0 unspecified atom stereocenters. The summed E-state index contributed by atoms with van der Waals surface area (Å²) < 4.78 is 53.6. The second kappa shape index (κ2) is 8.64. The number of amides is 1. The van der Waals surface area contributed by atoms with Crippen LogP contribution < -0.4 is 14.8 Å². The van der Waals surface area contributed by atoms with Gasteiger partial charge in [0.25, 0.3) is 5.91 Å². The lowest BCUT2D eigenvalue weighted by Crippen LogP contribution is -2.30. The maximum absolute atomic E-state index is 12.8. The van der Waals surface area contributed by atoms with Gasteiger partial charge in [0.2, 0.25) is 0 Å². The van der Waals surface area contributed by atoms with Crippen LogP contribution in [0.3, 0.4) is 0 Å². The summed E-state index contributed by atoms with van der Waals surface area (Å²) in [6, 6.07) is 8.69. The Balaban J connectivity index is 2.10. The van der Waals surface area contributed by atoms with Crippen LogP contribution in [-0.2, 0) is 15.7 Å². The number of rotatable bonds is 6. The van der Waals surface area contributed by atoms with E-state index in [1.807, 2.05) is 0 Å². The van der Waals surface area contributed by atoms with Crippen LogP contribution >= 0.6 is 0 Å². The summed E-state index contributed by atoms with van der Waals surface area (Å²) in [6.07, 6.45) is -5.81. The normalized spacial score (nSPS) is 12.1.